The van der Waals surface area contributed by atoms with Gasteiger partial charge in [-0.2, -0.15) is 5.26 Å². The van der Waals surface area contributed by atoms with Gasteiger partial charge >= 0.3 is 0 Å². The van der Waals surface area contributed by atoms with E-state index in [1.54, 1.807) is 13.3 Å². The lowest BCUT2D eigenvalue weighted by Gasteiger charge is -2.34. The Morgan fingerprint density at radius 1 is 1.38 bits per heavy atom. The second-order valence-electron chi connectivity index (χ2n) is 6.41. The molecule has 0 atom stereocenters. The predicted octanol–water partition coefficient (Wildman–Crippen LogP) is 1.22. The van der Waals surface area contributed by atoms with Crippen LogP contribution in [0.3, 0.4) is 0 Å². The van der Waals surface area contributed by atoms with E-state index in [2.05, 4.69) is 25.8 Å². The molecule has 1 saturated carbocycles. The summed E-state index contributed by atoms with van der Waals surface area (Å²) in [7, 11) is 0. The first kappa shape index (κ1) is 16.9. The second kappa shape index (κ2) is 6.99. The summed E-state index contributed by atoms with van der Waals surface area (Å²) in [4.78, 5) is 20.4. The quantitative estimate of drug-likeness (QED) is 0.721. The number of hydrogen-bond donors (Lipinski definition) is 0. The summed E-state index contributed by atoms with van der Waals surface area (Å²) in [6.07, 6.45) is 4.07. The normalized spacial score (nSPS) is 17.4. The summed E-state index contributed by atoms with van der Waals surface area (Å²) in [5.41, 5.74) is 0.303. The third-order valence-corrected chi connectivity index (χ3v) is 5.49. The lowest BCUT2D eigenvalue weighted by Crippen LogP contribution is -2.49. The Labute approximate surface area is 155 Å². The van der Waals surface area contributed by atoms with Gasteiger partial charge in [-0.05, 0) is 12.8 Å². The molecule has 2 fully saturated rings. The molecule has 2 aromatic rings. The molecule has 0 radical (unpaired) electrons. The molecular weight excluding hydrogens is 354 g/mol. The number of hydrogen-bond acceptors (Lipinski definition) is 8. The Hall–Kier alpha value is -2.54. The molecule has 0 spiro atoms. The van der Waals surface area contributed by atoms with Gasteiger partial charge < -0.3 is 18.8 Å². The second-order valence-corrected chi connectivity index (χ2v) is 7.35. The number of carbonyl (C=O) groups excluding carboxylic acids is 1. The summed E-state index contributed by atoms with van der Waals surface area (Å²) >= 11 is 1.44. The van der Waals surface area contributed by atoms with Crippen LogP contribution < -0.4 is 4.90 Å². The fourth-order valence-corrected chi connectivity index (χ4v) is 3.90. The van der Waals surface area contributed by atoms with Crippen molar-refractivity contribution in [2.24, 2.45) is 0 Å². The van der Waals surface area contributed by atoms with Crippen molar-refractivity contribution in [1.82, 2.24) is 24.6 Å². The van der Waals surface area contributed by atoms with Crippen molar-refractivity contribution in [2.45, 2.75) is 31.0 Å². The van der Waals surface area contributed by atoms with E-state index < -0.39 is 0 Å². The largest absolute Gasteiger partial charge is 0.424 e. The molecule has 10 heteroatoms. The molecule has 0 bridgehead atoms. The maximum atomic E-state index is 12.5. The average molecular weight is 373 g/mol. The first-order valence-electron chi connectivity index (χ1n) is 8.58. The summed E-state index contributed by atoms with van der Waals surface area (Å²) in [5, 5.41) is 18.0. The van der Waals surface area contributed by atoms with Crippen molar-refractivity contribution in [3.8, 4) is 6.07 Å². The molecule has 1 amide bonds. The molecule has 3 heterocycles. The highest BCUT2D eigenvalue weighted by Crippen LogP contribution is 2.37. The van der Waals surface area contributed by atoms with E-state index in [-0.39, 0.29) is 5.91 Å². The van der Waals surface area contributed by atoms with Crippen molar-refractivity contribution >= 4 is 23.6 Å². The molecule has 4 rings (SSSR count). The number of thioether (sulfide) groups is 1. The van der Waals surface area contributed by atoms with Crippen LogP contribution in [0.4, 0.5) is 5.88 Å². The van der Waals surface area contributed by atoms with E-state index >= 15 is 0 Å². The Balaban J connectivity index is 1.30. The van der Waals surface area contributed by atoms with Gasteiger partial charge in [0.25, 0.3) is 0 Å². The Kier molecular flexibility index (Phi) is 4.55. The molecule has 1 aliphatic heterocycles. The van der Waals surface area contributed by atoms with Crippen molar-refractivity contribution in [2.75, 3.05) is 36.8 Å². The lowest BCUT2D eigenvalue weighted by atomic mass is 10.3. The van der Waals surface area contributed by atoms with Gasteiger partial charge in [0.05, 0.1) is 5.75 Å². The summed E-state index contributed by atoms with van der Waals surface area (Å²) in [6.45, 7) is 4.16. The van der Waals surface area contributed by atoms with E-state index in [9.17, 15) is 4.79 Å². The summed E-state index contributed by atoms with van der Waals surface area (Å²) in [5.74, 6) is 1.43. The number of aryl methyl sites for hydroxylation is 1. The molecule has 26 heavy (non-hydrogen) atoms. The van der Waals surface area contributed by atoms with Crippen LogP contribution in [-0.4, -0.2) is 62.5 Å². The number of oxazole rings is 1. The first-order valence-corrected chi connectivity index (χ1v) is 9.57. The van der Waals surface area contributed by atoms with Crippen molar-refractivity contribution in [1.29, 1.82) is 5.26 Å². The van der Waals surface area contributed by atoms with Crippen LogP contribution in [0.2, 0.25) is 0 Å². The maximum absolute atomic E-state index is 12.5. The van der Waals surface area contributed by atoms with E-state index in [1.165, 1.54) is 11.8 Å². The molecule has 9 nitrogen and oxygen atoms in total. The van der Waals surface area contributed by atoms with Gasteiger partial charge in [-0.3, -0.25) is 4.79 Å². The van der Waals surface area contributed by atoms with Crippen LogP contribution >= 0.6 is 11.8 Å². The molecule has 0 unspecified atom stereocenters. The van der Waals surface area contributed by atoms with Crippen molar-refractivity contribution < 1.29 is 9.21 Å². The number of amides is 1. The maximum Gasteiger partial charge on any atom is 0.234 e. The third-order valence-electron chi connectivity index (χ3n) is 4.55. The van der Waals surface area contributed by atoms with Gasteiger partial charge in [-0.25, -0.2) is 4.98 Å². The van der Waals surface area contributed by atoms with Gasteiger partial charge in [-0.1, -0.05) is 11.8 Å². The topological polar surface area (TPSA) is 104 Å². The SMILES string of the molecule is Cc1nc(C#N)c(N2CCN(C(=O)CSc3nncn3C3CC3)CC2)o1. The number of aromatic nitrogens is 4. The lowest BCUT2D eigenvalue weighted by molar-refractivity contribution is -0.128. The predicted molar refractivity (Wildman–Crippen MR) is 93.8 cm³/mol. The molecule has 0 N–H and O–H groups in total. The van der Waals surface area contributed by atoms with Gasteiger partial charge in [-0.15, -0.1) is 10.2 Å². The minimum Gasteiger partial charge on any atom is -0.424 e. The third kappa shape index (κ3) is 3.39. The van der Waals surface area contributed by atoms with Crippen LogP contribution in [0.15, 0.2) is 15.9 Å². The zero-order valence-corrected chi connectivity index (χ0v) is 15.3. The van der Waals surface area contributed by atoms with Crippen LogP contribution in [0.5, 0.6) is 0 Å². The van der Waals surface area contributed by atoms with Crippen molar-refractivity contribution in [3.05, 3.63) is 17.9 Å². The first-order chi connectivity index (χ1) is 12.7. The van der Waals surface area contributed by atoms with Gasteiger partial charge in [0.2, 0.25) is 17.5 Å². The minimum atomic E-state index is 0.0919. The number of nitriles is 1. The number of carbonyl (C=O) groups is 1. The zero-order chi connectivity index (χ0) is 18.1. The Bertz CT molecular complexity index is 843. The average Bonchev–Trinajstić information content (AvgIpc) is 3.27. The van der Waals surface area contributed by atoms with E-state index in [0.29, 0.717) is 55.4 Å². The molecule has 2 aliphatic rings. The van der Waals surface area contributed by atoms with Gasteiger partial charge in [0.15, 0.2) is 11.0 Å². The molecule has 0 aromatic carbocycles. The zero-order valence-electron chi connectivity index (χ0n) is 14.5. The molecule has 136 valence electrons. The van der Waals surface area contributed by atoms with Crippen LogP contribution in [0.25, 0.3) is 0 Å². The van der Waals surface area contributed by atoms with Crippen molar-refractivity contribution in [3.63, 3.8) is 0 Å². The number of piperazine rings is 1. The van der Waals surface area contributed by atoms with Crippen LogP contribution in [0, 0.1) is 18.3 Å². The highest BCUT2D eigenvalue weighted by Gasteiger charge is 2.28. The Morgan fingerprint density at radius 3 is 2.85 bits per heavy atom. The minimum absolute atomic E-state index is 0.0919. The Morgan fingerprint density at radius 2 is 2.15 bits per heavy atom. The number of nitrogens with zero attached hydrogens (tertiary/aromatic N) is 7. The van der Waals surface area contributed by atoms with E-state index in [4.69, 9.17) is 9.68 Å². The molecule has 1 saturated heterocycles. The fraction of sp³-hybridized carbons (Fsp3) is 0.562. The molecule has 1 aliphatic carbocycles. The number of rotatable bonds is 5. The molecular formula is C16H19N7O2S. The number of anilines is 1. The fourth-order valence-electron chi connectivity index (χ4n) is 3.02. The molecule has 2 aromatic heterocycles. The van der Waals surface area contributed by atoms with Gasteiger partial charge in [0, 0.05) is 39.1 Å². The highest BCUT2D eigenvalue weighted by atomic mass is 32.2. The monoisotopic (exact) mass is 373 g/mol. The highest BCUT2D eigenvalue weighted by molar-refractivity contribution is 7.99. The van der Waals surface area contributed by atoms with Crippen LogP contribution in [-0.2, 0) is 4.79 Å². The van der Waals surface area contributed by atoms with Crippen LogP contribution in [0.1, 0.15) is 30.5 Å². The van der Waals surface area contributed by atoms with Gasteiger partial charge in [0.1, 0.15) is 12.4 Å². The summed E-state index contributed by atoms with van der Waals surface area (Å²) in [6, 6.07) is 2.56. The van der Waals surface area contributed by atoms with E-state index in [1.807, 2.05) is 9.80 Å². The summed E-state index contributed by atoms with van der Waals surface area (Å²) < 4.78 is 7.61. The smallest absolute Gasteiger partial charge is 0.234 e. The standard InChI is InChI=1S/C16H19N7O2S/c1-11-19-13(8-17)15(25-11)22-6-4-21(5-7-22)14(24)9-26-16-20-18-10-23(16)12-2-3-12/h10,12H,2-7,9H2,1H3. The van der Waals surface area contributed by atoms with E-state index in [0.717, 1.165) is 18.0 Å².